The van der Waals surface area contributed by atoms with Crippen molar-refractivity contribution in [1.29, 1.82) is 0 Å². The monoisotopic (exact) mass is 254 g/mol. The molecule has 0 aliphatic rings. The number of nitrogens with two attached hydrogens (primary N) is 1. The fourth-order valence-corrected chi connectivity index (χ4v) is 2.41. The Morgan fingerprint density at radius 3 is 2.47 bits per heavy atom. The standard InChI is InChI=1S/C13H19ClN2O/c1-9(2)13(16(3)8-12(15)17)10-6-4-5-7-11(10)14/h4-7,9,13H,8H2,1-3H3,(H2,15,17). The largest absolute Gasteiger partial charge is 0.369 e. The lowest BCUT2D eigenvalue weighted by Gasteiger charge is -2.31. The minimum absolute atomic E-state index is 0.0937. The Bertz CT molecular complexity index is 393. The lowest BCUT2D eigenvalue weighted by molar-refractivity contribution is -0.119. The van der Waals surface area contributed by atoms with Crippen molar-refractivity contribution in [3.05, 3.63) is 34.9 Å². The van der Waals surface area contributed by atoms with Crippen molar-refractivity contribution in [2.45, 2.75) is 19.9 Å². The van der Waals surface area contributed by atoms with E-state index in [1.165, 1.54) is 0 Å². The lowest BCUT2D eigenvalue weighted by atomic mass is 9.94. The number of nitrogens with zero attached hydrogens (tertiary/aromatic N) is 1. The third-order valence-corrected chi connectivity index (χ3v) is 3.08. The molecule has 2 N–H and O–H groups in total. The van der Waals surface area contributed by atoms with Gasteiger partial charge in [-0.2, -0.15) is 0 Å². The summed E-state index contributed by atoms with van der Waals surface area (Å²) in [7, 11) is 1.89. The Morgan fingerprint density at radius 2 is 2.00 bits per heavy atom. The van der Waals surface area contributed by atoms with Gasteiger partial charge >= 0.3 is 0 Å². The topological polar surface area (TPSA) is 46.3 Å². The van der Waals surface area contributed by atoms with Gasteiger partial charge in [-0.1, -0.05) is 43.6 Å². The molecule has 0 saturated heterocycles. The van der Waals surface area contributed by atoms with Gasteiger partial charge in [0.2, 0.25) is 5.91 Å². The summed E-state index contributed by atoms with van der Waals surface area (Å²) in [4.78, 5) is 12.9. The first-order chi connectivity index (χ1) is 7.93. The van der Waals surface area contributed by atoms with E-state index in [0.29, 0.717) is 5.92 Å². The number of hydrogen-bond acceptors (Lipinski definition) is 2. The van der Waals surface area contributed by atoms with Gasteiger partial charge in [-0.15, -0.1) is 0 Å². The van der Waals surface area contributed by atoms with E-state index in [-0.39, 0.29) is 18.5 Å². The van der Waals surface area contributed by atoms with E-state index in [1.807, 2.05) is 36.2 Å². The second-order valence-corrected chi connectivity index (χ2v) is 5.00. The molecule has 0 aliphatic heterocycles. The Kier molecular flexibility index (Phi) is 4.97. The smallest absolute Gasteiger partial charge is 0.231 e. The predicted molar refractivity (Wildman–Crippen MR) is 70.9 cm³/mol. The number of amides is 1. The maximum absolute atomic E-state index is 11.0. The number of hydrogen-bond donors (Lipinski definition) is 1. The van der Waals surface area contributed by atoms with Crippen molar-refractivity contribution in [1.82, 2.24) is 4.90 Å². The Morgan fingerprint density at radius 1 is 1.41 bits per heavy atom. The Balaban J connectivity index is 3.01. The zero-order chi connectivity index (χ0) is 13.0. The quantitative estimate of drug-likeness (QED) is 0.877. The first-order valence-corrected chi connectivity index (χ1v) is 6.04. The Hall–Kier alpha value is -1.06. The number of likely N-dealkylation sites (N-methyl/N-ethyl adjacent to an activating group) is 1. The molecule has 4 heteroatoms. The number of rotatable bonds is 5. The normalized spacial score (nSPS) is 13.1. The summed E-state index contributed by atoms with van der Waals surface area (Å²) in [6.45, 7) is 4.44. The van der Waals surface area contributed by atoms with Gasteiger partial charge in [0.1, 0.15) is 0 Å². The van der Waals surface area contributed by atoms with Crippen LogP contribution in [0.25, 0.3) is 0 Å². The first-order valence-electron chi connectivity index (χ1n) is 5.66. The van der Waals surface area contributed by atoms with E-state index in [1.54, 1.807) is 0 Å². The van der Waals surface area contributed by atoms with E-state index in [9.17, 15) is 4.79 Å². The molecule has 1 unspecified atom stereocenters. The zero-order valence-corrected chi connectivity index (χ0v) is 11.2. The molecule has 0 spiro atoms. The second-order valence-electron chi connectivity index (χ2n) is 4.59. The number of halogens is 1. The van der Waals surface area contributed by atoms with E-state index in [0.717, 1.165) is 10.6 Å². The highest BCUT2D eigenvalue weighted by Gasteiger charge is 2.23. The molecular weight excluding hydrogens is 236 g/mol. The molecule has 1 amide bonds. The molecule has 1 rings (SSSR count). The molecule has 0 fully saturated rings. The average Bonchev–Trinajstić information content (AvgIpc) is 2.19. The van der Waals surface area contributed by atoms with Crippen molar-refractivity contribution in [2.24, 2.45) is 11.7 Å². The van der Waals surface area contributed by atoms with Gasteiger partial charge in [-0.25, -0.2) is 0 Å². The molecule has 1 aromatic carbocycles. The van der Waals surface area contributed by atoms with Crippen molar-refractivity contribution in [3.63, 3.8) is 0 Å². The van der Waals surface area contributed by atoms with Crippen LogP contribution in [0.5, 0.6) is 0 Å². The van der Waals surface area contributed by atoms with Crippen LogP contribution in [0.3, 0.4) is 0 Å². The number of benzene rings is 1. The van der Waals surface area contributed by atoms with E-state index in [2.05, 4.69) is 13.8 Å². The van der Waals surface area contributed by atoms with Crippen LogP contribution < -0.4 is 5.73 Å². The highest BCUT2D eigenvalue weighted by atomic mass is 35.5. The summed E-state index contributed by atoms with van der Waals surface area (Å²) < 4.78 is 0. The zero-order valence-electron chi connectivity index (χ0n) is 10.5. The van der Waals surface area contributed by atoms with Crippen molar-refractivity contribution in [3.8, 4) is 0 Å². The first kappa shape index (κ1) is 14.0. The molecule has 1 atom stereocenters. The molecule has 3 nitrogen and oxygen atoms in total. The van der Waals surface area contributed by atoms with E-state index in [4.69, 9.17) is 17.3 Å². The van der Waals surface area contributed by atoms with E-state index >= 15 is 0 Å². The van der Waals surface area contributed by atoms with Crippen molar-refractivity contribution < 1.29 is 4.79 Å². The van der Waals surface area contributed by atoms with Gasteiger partial charge in [0.05, 0.1) is 6.54 Å². The summed E-state index contributed by atoms with van der Waals surface area (Å²) in [5, 5.41) is 0.725. The van der Waals surface area contributed by atoms with Crippen LogP contribution in [0.4, 0.5) is 0 Å². The number of carbonyl (C=O) groups is 1. The van der Waals surface area contributed by atoms with Crippen LogP contribution in [0.15, 0.2) is 24.3 Å². The lowest BCUT2D eigenvalue weighted by Crippen LogP contribution is -2.36. The van der Waals surface area contributed by atoms with Gasteiger partial charge < -0.3 is 5.73 Å². The molecule has 17 heavy (non-hydrogen) atoms. The highest BCUT2D eigenvalue weighted by Crippen LogP contribution is 2.32. The second kappa shape index (κ2) is 6.03. The summed E-state index contributed by atoms with van der Waals surface area (Å²) in [5.41, 5.74) is 6.27. The van der Waals surface area contributed by atoms with Crippen LogP contribution in [0.1, 0.15) is 25.5 Å². The van der Waals surface area contributed by atoms with Crippen LogP contribution in [0, 0.1) is 5.92 Å². The predicted octanol–water partition coefficient (Wildman–Crippen LogP) is 2.45. The fraction of sp³-hybridized carbons (Fsp3) is 0.462. The minimum Gasteiger partial charge on any atom is -0.369 e. The number of carbonyl (C=O) groups excluding carboxylic acids is 1. The van der Waals surface area contributed by atoms with Gasteiger partial charge in [-0.3, -0.25) is 9.69 Å². The maximum atomic E-state index is 11.0. The average molecular weight is 255 g/mol. The molecular formula is C13H19ClN2O. The molecule has 0 saturated carbocycles. The molecule has 0 radical (unpaired) electrons. The molecule has 94 valence electrons. The third kappa shape index (κ3) is 3.72. The third-order valence-electron chi connectivity index (χ3n) is 2.74. The minimum atomic E-state index is -0.329. The van der Waals surface area contributed by atoms with E-state index < -0.39 is 0 Å². The highest BCUT2D eigenvalue weighted by molar-refractivity contribution is 6.31. The SMILES string of the molecule is CC(C)C(c1ccccc1Cl)N(C)CC(N)=O. The fourth-order valence-electron chi connectivity index (χ4n) is 2.16. The summed E-state index contributed by atoms with van der Waals surface area (Å²) in [5.74, 6) is 0.0180. The summed E-state index contributed by atoms with van der Waals surface area (Å²) in [6, 6.07) is 7.80. The molecule has 0 aromatic heterocycles. The van der Waals surface area contributed by atoms with Crippen molar-refractivity contribution >= 4 is 17.5 Å². The van der Waals surface area contributed by atoms with Gasteiger partial charge in [0.15, 0.2) is 0 Å². The number of primary amides is 1. The Labute approximate surface area is 108 Å². The van der Waals surface area contributed by atoms with Crippen molar-refractivity contribution in [2.75, 3.05) is 13.6 Å². The maximum Gasteiger partial charge on any atom is 0.231 e. The molecule has 0 heterocycles. The van der Waals surface area contributed by atoms with Gasteiger partial charge in [-0.05, 0) is 24.6 Å². The van der Waals surface area contributed by atoms with Crippen LogP contribution >= 0.6 is 11.6 Å². The molecule has 1 aromatic rings. The van der Waals surface area contributed by atoms with Gasteiger partial charge in [0.25, 0.3) is 0 Å². The van der Waals surface area contributed by atoms with Crippen LogP contribution in [-0.4, -0.2) is 24.4 Å². The van der Waals surface area contributed by atoms with Crippen LogP contribution in [0.2, 0.25) is 5.02 Å². The molecule has 0 bridgehead atoms. The van der Waals surface area contributed by atoms with Gasteiger partial charge in [0, 0.05) is 11.1 Å². The van der Waals surface area contributed by atoms with Crippen LogP contribution in [-0.2, 0) is 4.79 Å². The summed E-state index contributed by atoms with van der Waals surface area (Å²) in [6.07, 6.45) is 0. The molecule has 0 aliphatic carbocycles. The summed E-state index contributed by atoms with van der Waals surface area (Å²) >= 11 is 6.20.